The average Bonchev–Trinajstić information content (AvgIpc) is 2.45. The van der Waals surface area contributed by atoms with Crippen molar-refractivity contribution < 1.29 is 9.53 Å². The quantitative estimate of drug-likeness (QED) is 0.791. The molecule has 110 valence electrons. The van der Waals surface area contributed by atoms with E-state index < -0.39 is 0 Å². The molecule has 1 aliphatic heterocycles. The van der Waals surface area contributed by atoms with E-state index in [1.807, 2.05) is 18.7 Å². The maximum absolute atomic E-state index is 12.0. The molecule has 0 aromatic carbocycles. The van der Waals surface area contributed by atoms with E-state index in [0.717, 1.165) is 31.9 Å². The van der Waals surface area contributed by atoms with Gasteiger partial charge in [0.25, 0.3) is 0 Å². The molecule has 7 nitrogen and oxygen atoms in total. The lowest BCUT2D eigenvalue weighted by Crippen LogP contribution is -2.48. The van der Waals surface area contributed by atoms with Crippen LogP contribution in [0.5, 0.6) is 5.88 Å². The lowest BCUT2D eigenvalue weighted by Gasteiger charge is -2.27. The second-order valence-electron chi connectivity index (χ2n) is 4.59. The van der Waals surface area contributed by atoms with Gasteiger partial charge in [0.15, 0.2) is 0 Å². The van der Waals surface area contributed by atoms with E-state index in [2.05, 4.69) is 20.6 Å². The smallest absolute Gasteiger partial charge is 0.242 e. The van der Waals surface area contributed by atoms with Crippen LogP contribution in [0.1, 0.15) is 12.6 Å². The summed E-state index contributed by atoms with van der Waals surface area (Å²) in [6.07, 6.45) is 0. The molecule has 1 aromatic heterocycles. The van der Waals surface area contributed by atoms with Crippen LogP contribution < -0.4 is 15.4 Å². The normalized spacial score (nSPS) is 15.0. The lowest BCUT2D eigenvalue weighted by molar-refractivity contribution is -0.129. The molecule has 0 aliphatic carbocycles. The topological polar surface area (TPSA) is 79.4 Å². The first kappa shape index (κ1) is 14.5. The largest absolute Gasteiger partial charge is 0.478 e. The molecule has 1 amide bonds. The molecule has 0 saturated carbocycles. The van der Waals surface area contributed by atoms with Crippen LogP contribution >= 0.6 is 0 Å². The van der Waals surface area contributed by atoms with E-state index >= 15 is 0 Å². The van der Waals surface area contributed by atoms with Crippen LogP contribution in [0, 0.1) is 6.92 Å². The van der Waals surface area contributed by atoms with Gasteiger partial charge in [-0.15, -0.1) is 0 Å². The first-order chi connectivity index (χ1) is 9.69. The first-order valence-electron chi connectivity index (χ1n) is 6.90. The predicted molar refractivity (Wildman–Crippen MR) is 75.9 cm³/mol. The molecule has 1 aliphatic rings. The summed E-state index contributed by atoms with van der Waals surface area (Å²) in [6.45, 7) is 7.72. The van der Waals surface area contributed by atoms with Crippen molar-refractivity contribution in [1.82, 2.24) is 20.2 Å². The highest BCUT2D eigenvalue weighted by Crippen LogP contribution is 2.11. The number of ether oxygens (including phenoxy) is 1. The summed E-state index contributed by atoms with van der Waals surface area (Å²) in [7, 11) is 0. The molecule has 0 spiro atoms. The molecular weight excluding hydrogens is 258 g/mol. The molecule has 2 N–H and O–H groups in total. The Labute approximate surface area is 118 Å². The maximum Gasteiger partial charge on any atom is 0.242 e. The van der Waals surface area contributed by atoms with Gasteiger partial charge < -0.3 is 20.3 Å². The van der Waals surface area contributed by atoms with Crippen LogP contribution in [0.2, 0.25) is 0 Å². The number of nitrogens with one attached hydrogen (secondary N) is 2. The lowest BCUT2D eigenvalue weighted by atomic mass is 10.3. The van der Waals surface area contributed by atoms with Crippen molar-refractivity contribution in [3.8, 4) is 5.88 Å². The number of hydrogen-bond acceptors (Lipinski definition) is 6. The van der Waals surface area contributed by atoms with Crippen molar-refractivity contribution in [1.29, 1.82) is 0 Å². The zero-order valence-electron chi connectivity index (χ0n) is 12.0. The number of piperazine rings is 1. The second-order valence-corrected chi connectivity index (χ2v) is 4.59. The van der Waals surface area contributed by atoms with Crippen LogP contribution in [0.15, 0.2) is 6.07 Å². The zero-order valence-corrected chi connectivity index (χ0v) is 12.0. The van der Waals surface area contributed by atoms with Crippen LogP contribution in [0.3, 0.4) is 0 Å². The average molecular weight is 279 g/mol. The Morgan fingerprint density at radius 2 is 2.20 bits per heavy atom. The molecule has 1 saturated heterocycles. The van der Waals surface area contributed by atoms with Gasteiger partial charge in [0, 0.05) is 37.9 Å². The van der Waals surface area contributed by atoms with Crippen molar-refractivity contribution in [2.24, 2.45) is 0 Å². The highest BCUT2D eigenvalue weighted by Gasteiger charge is 2.16. The number of anilines is 1. The van der Waals surface area contributed by atoms with E-state index in [-0.39, 0.29) is 12.5 Å². The number of aromatic nitrogens is 2. The van der Waals surface area contributed by atoms with Gasteiger partial charge in [0.1, 0.15) is 0 Å². The molecule has 2 heterocycles. The molecule has 0 bridgehead atoms. The summed E-state index contributed by atoms with van der Waals surface area (Å²) in [5.41, 5.74) is 0.806. The Hall–Kier alpha value is -1.89. The van der Waals surface area contributed by atoms with Crippen LogP contribution in [-0.4, -0.2) is 60.1 Å². The van der Waals surface area contributed by atoms with Gasteiger partial charge in [-0.25, -0.2) is 4.98 Å². The highest BCUT2D eigenvalue weighted by molar-refractivity contribution is 5.80. The molecule has 1 aromatic rings. The minimum Gasteiger partial charge on any atom is -0.478 e. The fraction of sp³-hybridized carbons (Fsp3) is 0.615. The molecule has 20 heavy (non-hydrogen) atoms. The monoisotopic (exact) mass is 279 g/mol. The summed E-state index contributed by atoms with van der Waals surface area (Å²) < 4.78 is 5.36. The van der Waals surface area contributed by atoms with Crippen LogP contribution in [0.25, 0.3) is 0 Å². The number of hydrogen-bond donors (Lipinski definition) is 2. The molecular formula is C13H21N5O2. The fourth-order valence-electron chi connectivity index (χ4n) is 2.02. The van der Waals surface area contributed by atoms with E-state index in [1.54, 1.807) is 6.07 Å². The van der Waals surface area contributed by atoms with Gasteiger partial charge in [-0.1, -0.05) is 0 Å². The van der Waals surface area contributed by atoms with Crippen molar-refractivity contribution in [2.75, 3.05) is 44.6 Å². The Balaban J connectivity index is 1.90. The molecule has 0 radical (unpaired) electrons. The Bertz CT molecular complexity index is 460. The van der Waals surface area contributed by atoms with Crippen molar-refractivity contribution >= 4 is 11.9 Å². The number of carbonyl (C=O) groups is 1. The number of aryl methyl sites for hydroxylation is 1. The summed E-state index contributed by atoms with van der Waals surface area (Å²) in [4.78, 5) is 22.3. The van der Waals surface area contributed by atoms with Gasteiger partial charge in [-0.05, 0) is 13.8 Å². The summed E-state index contributed by atoms with van der Waals surface area (Å²) in [5, 5.41) is 6.18. The van der Waals surface area contributed by atoms with E-state index in [0.29, 0.717) is 18.4 Å². The predicted octanol–water partition coefficient (Wildman–Crippen LogP) is 0.0274. The molecule has 0 atom stereocenters. The van der Waals surface area contributed by atoms with E-state index in [4.69, 9.17) is 4.74 Å². The zero-order chi connectivity index (χ0) is 14.4. The number of nitrogens with zero attached hydrogens (tertiary/aromatic N) is 3. The van der Waals surface area contributed by atoms with Gasteiger partial charge in [-0.3, -0.25) is 4.79 Å². The van der Waals surface area contributed by atoms with Crippen LogP contribution in [0.4, 0.5) is 5.95 Å². The number of amides is 1. The van der Waals surface area contributed by atoms with Crippen molar-refractivity contribution in [3.63, 3.8) is 0 Å². The van der Waals surface area contributed by atoms with Gasteiger partial charge in [-0.2, -0.15) is 4.98 Å². The molecule has 7 heteroatoms. The Morgan fingerprint density at radius 3 is 2.90 bits per heavy atom. The maximum atomic E-state index is 12.0. The molecule has 0 unspecified atom stereocenters. The minimum absolute atomic E-state index is 0.0644. The fourth-order valence-corrected chi connectivity index (χ4v) is 2.02. The first-order valence-corrected chi connectivity index (χ1v) is 6.90. The SMILES string of the molecule is CCOc1cc(C)nc(NCC(=O)N2CCNCC2)n1. The van der Waals surface area contributed by atoms with E-state index in [1.165, 1.54) is 0 Å². The van der Waals surface area contributed by atoms with Crippen molar-refractivity contribution in [3.05, 3.63) is 11.8 Å². The summed E-state index contributed by atoms with van der Waals surface area (Å²) >= 11 is 0. The van der Waals surface area contributed by atoms with Gasteiger partial charge >= 0.3 is 0 Å². The number of carbonyl (C=O) groups excluding carboxylic acids is 1. The third-order valence-corrected chi connectivity index (χ3v) is 2.99. The Morgan fingerprint density at radius 1 is 1.45 bits per heavy atom. The highest BCUT2D eigenvalue weighted by atomic mass is 16.5. The summed E-state index contributed by atoms with van der Waals surface area (Å²) in [6, 6.07) is 1.77. The third-order valence-electron chi connectivity index (χ3n) is 2.99. The minimum atomic E-state index is 0.0644. The summed E-state index contributed by atoms with van der Waals surface area (Å²) in [5.74, 6) is 1.02. The van der Waals surface area contributed by atoms with Gasteiger partial charge in [0.05, 0.1) is 13.2 Å². The number of rotatable bonds is 5. The van der Waals surface area contributed by atoms with Crippen molar-refractivity contribution in [2.45, 2.75) is 13.8 Å². The van der Waals surface area contributed by atoms with E-state index in [9.17, 15) is 4.79 Å². The third kappa shape index (κ3) is 4.06. The molecule has 2 rings (SSSR count). The molecule has 1 fully saturated rings. The van der Waals surface area contributed by atoms with Gasteiger partial charge in [0.2, 0.25) is 17.7 Å². The Kier molecular flexibility index (Phi) is 5.11. The standard InChI is InChI=1S/C13H21N5O2/c1-3-20-11-8-10(2)16-13(17-11)15-9-12(19)18-6-4-14-5-7-18/h8,14H,3-7,9H2,1-2H3,(H,15,16,17). The van der Waals surface area contributed by atoms with Crippen LogP contribution in [-0.2, 0) is 4.79 Å². The second kappa shape index (κ2) is 7.04.